The number of hydrogen-bond donors (Lipinski definition) is 1. The van der Waals surface area contributed by atoms with E-state index in [1.807, 2.05) is 6.92 Å². The van der Waals surface area contributed by atoms with Crippen molar-refractivity contribution < 1.29 is 9.13 Å². The van der Waals surface area contributed by atoms with Gasteiger partial charge in [0, 0.05) is 19.2 Å². The van der Waals surface area contributed by atoms with Gasteiger partial charge in [-0.05, 0) is 6.92 Å². The summed E-state index contributed by atoms with van der Waals surface area (Å²) >= 11 is 0. The number of hydrogen-bond acceptors (Lipinski definition) is 4. The van der Waals surface area contributed by atoms with Gasteiger partial charge in [-0.3, -0.25) is 0 Å². The lowest BCUT2D eigenvalue weighted by Crippen LogP contribution is -2.21. The average molecular weight is 185 g/mol. The molecular weight excluding hydrogens is 173 g/mol. The van der Waals surface area contributed by atoms with Gasteiger partial charge in [0.15, 0.2) is 0 Å². The zero-order valence-corrected chi connectivity index (χ0v) is 7.62. The maximum atomic E-state index is 12.6. The maximum absolute atomic E-state index is 12.6. The third-order valence-electron chi connectivity index (χ3n) is 1.44. The molecule has 0 fully saturated rings. The summed E-state index contributed by atoms with van der Waals surface area (Å²) in [5, 5.41) is 2.97. The molecule has 72 valence electrons. The van der Waals surface area contributed by atoms with E-state index < -0.39 is 5.95 Å². The minimum atomic E-state index is -0.540. The summed E-state index contributed by atoms with van der Waals surface area (Å²) in [6.45, 7) is 2.47. The van der Waals surface area contributed by atoms with Crippen LogP contribution in [0.1, 0.15) is 6.92 Å². The third kappa shape index (κ3) is 3.33. The number of ether oxygens (including phenoxy) is 1. The molecule has 0 radical (unpaired) electrons. The highest BCUT2D eigenvalue weighted by molar-refractivity contribution is 5.33. The second-order valence-corrected chi connectivity index (χ2v) is 2.73. The van der Waals surface area contributed by atoms with Crippen LogP contribution in [0.25, 0.3) is 0 Å². The van der Waals surface area contributed by atoms with Crippen LogP contribution in [0, 0.1) is 5.95 Å². The number of anilines is 1. The van der Waals surface area contributed by atoms with E-state index in [1.165, 1.54) is 12.4 Å². The van der Waals surface area contributed by atoms with Crippen molar-refractivity contribution in [3.05, 3.63) is 18.3 Å². The minimum absolute atomic E-state index is 0.0966. The number of rotatable bonds is 4. The summed E-state index contributed by atoms with van der Waals surface area (Å²) in [5.74, 6) is -0.0702. The smallest absolute Gasteiger partial charge is 0.217 e. The summed E-state index contributed by atoms with van der Waals surface area (Å²) in [6.07, 6.45) is 1.18. The number of methoxy groups -OCH3 is 1. The summed E-state index contributed by atoms with van der Waals surface area (Å²) in [6, 6.07) is 1.34. The molecule has 0 amide bonds. The molecule has 0 aromatic carbocycles. The number of halogens is 1. The number of aromatic nitrogens is 2. The second-order valence-electron chi connectivity index (χ2n) is 2.73. The van der Waals surface area contributed by atoms with Crippen molar-refractivity contribution in [2.45, 2.75) is 13.0 Å². The van der Waals surface area contributed by atoms with Crippen molar-refractivity contribution in [3.63, 3.8) is 0 Å². The third-order valence-corrected chi connectivity index (χ3v) is 1.44. The van der Waals surface area contributed by atoms with Crippen molar-refractivity contribution in [2.24, 2.45) is 0 Å². The van der Waals surface area contributed by atoms with E-state index in [0.29, 0.717) is 12.4 Å². The molecule has 5 heteroatoms. The Balaban J connectivity index is 2.53. The molecule has 1 heterocycles. The average Bonchev–Trinajstić information content (AvgIpc) is 2.04. The summed E-state index contributed by atoms with van der Waals surface area (Å²) < 4.78 is 17.5. The first-order valence-electron chi connectivity index (χ1n) is 3.95. The zero-order chi connectivity index (χ0) is 9.68. The van der Waals surface area contributed by atoms with E-state index in [0.717, 1.165) is 0 Å². The van der Waals surface area contributed by atoms with Crippen LogP contribution in [0.3, 0.4) is 0 Å². The molecule has 13 heavy (non-hydrogen) atoms. The topological polar surface area (TPSA) is 47.0 Å². The Morgan fingerprint density at radius 1 is 1.62 bits per heavy atom. The quantitative estimate of drug-likeness (QED) is 0.712. The monoisotopic (exact) mass is 185 g/mol. The maximum Gasteiger partial charge on any atom is 0.217 e. The van der Waals surface area contributed by atoms with E-state index in [9.17, 15) is 4.39 Å². The summed E-state index contributed by atoms with van der Waals surface area (Å²) in [5.41, 5.74) is 0. The zero-order valence-electron chi connectivity index (χ0n) is 7.62. The van der Waals surface area contributed by atoms with Gasteiger partial charge in [0.25, 0.3) is 0 Å². The van der Waals surface area contributed by atoms with E-state index in [-0.39, 0.29) is 6.04 Å². The number of nitrogens with zero attached hydrogens (tertiary/aromatic N) is 2. The first kappa shape index (κ1) is 9.85. The van der Waals surface area contributed by atoms with Crippen molar-refractivity contribution in [1.29, 1.82) is 0 Å². The fourth-order valence-corrected chi connectivity index (χ4v) is 0.957. The van der Waals surface area contributed by atoms with Crippen LogP contribution >= 0.6 is 0 Å². The molecule has 1 aromatic rings. The fraction of sp³-hybridized carbons (Fsp3) is 0.500. The lowest BCUT2D eigenvalue weighted by atomic mass is 10.3. The molecule has 0 aliphatic heterocycles. The van der Waals surface area contributed by atoms with Crippen LogP contribution in [0.15, 0.2) is 12.4 Å². The van der Waals surface area contributed by atoms with Crippen LogP contribution in [0.4, 0.5) is 10.2 Å². The van der Waals surface area contributed by atoms with Crippen molar-refractivity contribution in [1.82, 2.24) is 9.97 Å². The van der Waals surface area contributed by atoms with E-state index in [1.54, 1.807) is 7.11 Å². The second kappa shape index (κ2) is 4.71. The van der Waals surface area contributed by atoms with Crippen LogP contribution < -0.4 is 5.32 Å². The molecule has 0 saturated carbocycles. The van der Waals surface area contributed by atoms with Gasteiger partial charge >= 0.3 is 0 Å². The molecule has 0 saturated heterocycles. The van der Waals surface area contributed by atoms with Crippen LogP contribution in [-0.4, -0.2) is 29.7 Å². The lowest BCUT2D eigenvalue weighted by molar-refractivity contribution is 0.190. The van der Waals surface area contributed by atoms with E-state index in [4.69, 9.17) is 4.74 Å². The molecule has 1 unspecified atom stereocenters. The van der Waals surface area contributed by atoms with Crippen molar-refractivity contribution in [2.75, 3.05) is 19.0 Å². The molecule has 0 bridgehead atoms. The predicted molar refractivity (Wildman–Crippen MR) is 47.0 cm³/mol. The Kier molecular flexibility index (Phi) is 3.57. The highest BCUT2D eigenvalue weighted by atomic mass is 19.1. The molecule has 1 N–H and O–H groups in total. The lowest BCUT2D eigenvalue weighted by Gasteiger charge is -2.12. The minimum Gasteiger partial charge on any atom is -0.383 e. The molecular formula is C8H12FN3O. The van der Waals surface area contributed by atoms with Gasteiger partial charge in [-0.2, -0.15) is 4.39 Å². The van der Waals surface area contributed by atoms with Crippen LogP contribution in [0.2, 0.25) is 0 Å². The highest BCUT2D eigenvalue weighted by Crippen LogP contribution is 2.03. The molecule has 1 aromatic heterocycles. The van der Waals surface area contributed by atoms with Gasteiger partial charge < -0.3 is 10.1 Å². The predicted octanol–water partition coefficient (Wildman–Crippen LogP) is 1.06. The summed E-state index contributed by atoms with van der Waals surface area (Å²) in [7, 11) is 1.61. The van der Waals surface area contributed by atoms with Crippen molar-refractivity contribution in [3.8, 4) is 0 Å². The van der Waals surface area contributed by atoms with Gasteiger partial charge in [0.05, 0.1) is 6.61 Å². The Morgan fingerprint density at radius 2 is 2.38 bits per heavy atom. The van der Waals surface area contributed by atoms with Crippen LogP contribution in [-0.2, 0) is 4.74 Å². The largest absolute Gasteiger partial charge is 0.383 e. The van der Waals surface area contributed by atoms with E-state index >= 15 is 0 Å². The standard InChI is InChI=1S/C8H12FN3O/c1-6(4-13-2)12-8-3-7(9)10-5-11-8/h3,5-6H,4H2,1-2H3,(H,10,11,12). The molecule has 4 nitrogen and oxygen atoms in total. The molecule has 0 spiro atoms. The highest BCUT2D eigenvalue weighted by Gasteiger charge is 2.02. The van der Waals surface area contributed by atoms with Gasteiger partial charge in [0.2, 0.25) is 5.95 Å². The normalized spacial score (nSPS) is 12.5. The van der Waals surface area contributed by atoms with Gasteiger partial charge in [-0.25, -0.2) is 9.97 Å². The van der Waals surface area contributed by atoms with E-state index in [2.05, 4.69) is 15.3 Å². The molecule has 1 rings (SSSR count). The van der Waals surface area contributed by atoms with Gasteiger partial charge in [-0.1, -0.05) is 0 Å². The SMILES string of the molecule is COCC(C)Nc1cc(F)ncn1. The molecule has 0 aliphatic carbocycles. The number of nitrogens with one attached hydrogen (secondary N) is 1. The molecule has 0 aliphatic rings. The first-order chi connectivity index (χ1) is 6.22. The van der Waals surface area contributed by atoms with Crippen molar-refractivity contribution >= 4 is 5.82 Å². The molecule has 1 atom stereocenters. The van der Waals surface area contributed by atoms with Gasteiger partial charge in [0.1, 0.15) is 12.1 Å². The van der Waals surface area contributed by atoms with Gasteiger partial charge in [-0.15, -0.1) is 0 Å². The summed E-state index contributed by atoms with van der Waals surface area (Å²) in [4.78, 5) is 7.19. The fourth-order valence-electron chi connectivity index (χ4n) is 0.957. The Bertz CT molecular complexity index is 269. The first-order valence-corrected chi connectivity index (χ1v) is 3.95. The Hall–Kier alpha value is -1.23. The van der Waals surface area contributed by atoms with Crippen LogP contribution in [0.5, 0.6) is 0 Å². The Labute approximate surface area is 76.2 Å². The Morgan fingerprint density at radius 3 is 3.00 bits per heavy atom.